The Balaban J connectivity index is 1.76. The summed E-state index contributed by atoms with van der Waals surface area (Å²) in [6, 6.07) is 5.66. The lowest BCUT2D eigenvalue weighted by Crippen LogP contribution is -2.10. The van der Waals surface area contributed by atoms with E-state index in [-0.39, 0.29) is 0 Å². The highest BCUT2D eigenvalue weighted by Gasteiger charge is 2.26. The molecule has 0 atom stereocenters. The zero-order chi connectivity index (χ0) is 20.7. The van der Waals surface area contributed by atoms with E-state index in [0.29, 0.717) is 29.1 Å². The number of rotatable bonds is 5. The molecule has 3 heterocycles. The average Bonchev–Trinajstić information content (AvgIpc) is 3.54. The topological polar surface area (TPSA) is 92.2 Å². The van der Waals surface area contributed by atoms with Crippen LogP contribution in [0.15, 0.2) is 30.9 Å². The number of nitrogens with zero attached hydrogens (tertiary/aromatic N) is 7. The highest BCUT2D eigenvalue weighted by Crippen LogP contribution is 2.36. The van der Waals surface area contributed by atoms with Gasteiger partial charge in [0.2, 0.25) is 0 Å². The number of aromatic nitrogens is 7. The van der Waals surface area contributed by atoms with Crippen molar-refractivity contribution in [1.82, 2.24) is 34.3 Å². The van der Waals surface area contributed by atoms with Crippen LogP contribution in [0.2, 0.25) is 0 Å². The largest absolute Gasteiger partial charge is 0.493 e. The van der Waals surface area contributed by atoms with Crippen molar-refractivity contribution in [2.45, 2.75) is 38.5 Å². The van der Waals surface area contributed by atoms with E-state index in [2.05, 4.69) is 10.1 Å². The first-order valence-corrected chi connectivity index (χ1v) is 10.0. The molecule has 0 unspecified atom stereocenters. The van der Waals surface area contributed by atoms with Gasteiger partial charge in [-0.2, -0.15) is 5.10 Å². The normalized spacial score (nSPS) is 14.5. The van der Waals surface area contributed by atoms with Gasteiger partial charge >= 0.3 is 0 Å². The van der Waals surface area contributed by atoms with Crippen LogP contribution in [0.25, 0.3) is 22.7 Å². The first-order chi connectivity index (χ1) is 14.7. The SMILES string of the molecule is COc1ccc(-c2nc(-n3cncn3)c3c(C)nc(C4CCCC4)n3n2)cc1OC. The molecular weight excluding hydrogens is 382 g/mol. The molecule has 30 heavy (non-hydrogen) atoms. The van der Waals surface area contributed by atoms with Gasteiger partial charge in [0.15, 0.2) is 23.1 Å². The Morgan fingerprint density at radius 2 is 1.83 bits per heavy atom. The number of ether oxygens (including phenoxy) is 2. The zero-order valence-corrected chi connectivity index (χ0v) is 17.2. The maximum atomic E-state index is 5.47. The fraction of sp³-hybridized carbons (Fsp3) is 0.381. The fourth-order valence-corrected chi connectivity index (χ4v) is 4.19. The van der Waals surface area contributed by atoms with Gasteiger partial charge in [0.1, 0.15) is 24.0 Å². The van der Waals surface area contributed by atoms with E-state index in [1.165, 1.54) is 19.2 Å². The number of hydrogen-bond acceptors (Lipinski definition) is 7. The Morgan fingerprint density at radius 3 is 2.53 bits per heavy atom. The maximum absolute atomic E-state index is 5.47. The van der Waals surface area contributed by atoms with E-state index in [4.69, 9.17) is 24.5 Å². The number of benzene rings is 1. The minimum Gasteiger partial charge on any atom is -0.493 e. The molecule has 1 saturated carbocycles. The van der Waals surface area contributed by atoms with Gasteiger partial charge in [0.05, 0.1) is 19.9 Å². The van der Waals surface area contributed by atoms with Crippen molar-refractivity contribution in [2.24, 2.45) is 0 Å². The van der Waals surface area contributed by atoms with Crippen LogP contribution in [0.3, 0.4) is 0 Å². The maximum Gasteiger partial charge on any atom is 0.185 e. The molecule has 1 aromatic carbocycles. The van der Waals surface area contributed by atoms with Crippen LogP contribution in [-0.2, 0) is 0 Å². The third-order valence-electron chi connectivity index (χ3n) is 5.67. The Labute approximate surface area is 173 Å². The van der Waals surface area contributed by atoms with Crippen molar-refractivity contribution in [3.63, 3.8) is 0 Å². The van der Waals surface area contributed by atoms with E-state index < -0.39 is 0 Å². The van der Waals surface area contributed by atoms with Gasteiger partial charge in [-0.3, -0.25) is 0 Å². The average molecular weight is 405 g/mol. The molecule has 0 amide bonds. The summed E-state index contributed by atoms with van der Waals surface area (Å²) in [5.74, 6) is 3.89. The van der Waals surface area contributed by atoms with Crippen LogP contribution < -0.4 is 9.47 Å². The molecule has 1 fully saturated rings. The third-order valence-corrected chi connectivity index (χ3v) is 5.67. The predicted octanol–water partition coefficient (Wildman–Crippen LogP) is 3.36. The second-order valence-corrected chi connectivity index (χ2v) is 7.47. The molecule has 0 bridgehead atoms. The van der Waals surface area contributed by atoms with Crippen LogP contribution in [-0.4, -0.2) is 48.6 Å². The van der Waals surface area contributed by atoms with Crippen molar-refractivity contribution >= 4 is 5.52 Å². The van der Waals surface area contributed by atoms with Gasteiger partial charge < -0.3 is 9.47 Å². The molecule has 9 heteroatoms. The van der Waals surface area contributed by atoms with Gasteiger partial charge in [-0.25, -0.2) is 24.1 Å². The first-order valence-electron chi connectivity index (χ1n) is 10.0. The first kappa shape index (κ1) is 18.5. The van der Waals surface area contributed by atoms with Gasteiger partial charge in [0.25, 0.3) is 0 Å². The van der Waals surface area contributed by atoms with E-state index in [0.717, 1.165) is 35.4 Å². The summed E-state index contributed by atoms with van der Waals surface area (Å²) in [4.78, 5) is 13.8. The summed E-state index contributed by atoms with van der Waals surface area (Å²) >= 11 is 0. The van der Waals surface area contributed by atoms with Crippen molar-refractivity contribution < 1.29 is 9.47 Å². The molecule has 0 radical (unpaired) electrons. The van der Waals surface area contributed by atoms with E-state index >= 15 is 0 Å². The number of fused-ring (bicyclic) bond motifs is 1. The molecule has 154 valence electrons. The smallest absolute Gasteiger partial charge is 0.185 e. The quantitative estimate of drug-likeness (QED) is 0.503. The van der Waals surface area contributed by atoms with Gasteiger partial charge in [-0.05, 0) is 38.0 Å². The summed E-state index contributed by atoms with van der Waals surface area (Å²) in [5, 5.41) is 9.21. The van der Waals surface area contributed by atoms with Crippen LogP contribution >= 0.6 is 0 Å². The highest BCUT2D eigenvalue weighted by molar-refractivity contribution is 5.68. The Kier molecular flexibility index (Phi) is 4.57. The lowest BCUT2D eigenvalue weighted by molar-refractivity contribution is 0.355. The van der Waals surface area contributed by atoms with Crippen molar-refractivity contribution in [2.75, 3.05) is 14.2 Å². The second-order valence-electron chi connectivity index (χ2n) is 7.47. The monoisotopic (exact) mass is 405 g/mol. The van der Waals surface area contributed by atoms with Gasteiger partial charge in [-0.1, -0.05) is 12.8 Å². The number of imidazole rings is 1. The lowest BCUT2D eigenvalue weighted by Gasteiger charge is -2.12. The number of aryl methyl sites for hydroxylation is 1. The lowest BCUT2D eigenvalue weighted by atomic mass is 10.1. The van der Waals surface area contributed by atoms with E-state index in [9.17, 15) is 0 Å². The summed E-state index contributed by atoms with van der Waals surface area (Å²) in [5.41, 5.74) is 2.56. The minimum atomic E-state index is 0.406. The standard InChI is InChI=1S/C21H23N7O2/c1-13-18-21(27-12-22-11-23-27)25-19(15-8-9-16(29-2)17(10-15)30-3)26-28(18)20(24-13)14-6-4-5-7-14/h8-12,14H,4-7H2,1-3H3. The van der Waals surface area contributed by atoms with Gasteiger partial charge in [-0.15, -0.1) is 5.10 Å². The fourth-order valence-electron chi connectivity index (χ4n) is 4.19. The summed E-state index contributed by atoms with van der Waals surface area (Å²) in [6.45, 7) is 1.99. The Hall–Kier alpha value is -3.49. The molecule has 0 saturated heterocycles. The highest BCUT2D eigenvalue weighted by atomic mass is 16.5. The summed E-state index contributed by atoms with van der Waals surface area (Å²) < 4.78 is 14.4. The number of hydrogen-bond donors (Lipinski definition) is 0. The molecule has 9 nitrogen and oxygen atoms in total. The van der Waals surface area contributed by atoms with Crippen LogP contribution in [0.1, 0.15) is 43.1 Å². The van der Waals surface area contributed by atoms with Crippen LogP contribution in [0.5, 0.6) is 11.5 Å². The van der Waals surface area contributed by atoms with Crippen LogP contribution in [0.4, 0.5) is 0 Å². The molecule has 0 aliphatic heterocycles. The van der Waals surface area contributed by atoms with Crippen molar-refractivity contribution in [3.8, 4) is 28.7 Å². The molecule has 1 aliphatic carbocycles. The second kappa shape index (κ2) is 7.40. The van der Waals surface area contributed by atoms with E-state index in [1.807, 2.05) is 29.6 Å². The molecule has 1 aliphatic rings. The van der Waals surface area contributed by atoms with E-state index in [1.54, 1.807) is 25.2 Å². The summed E-state index contributed by atoms with van der Waals surface area (Å²) in [7, 11) is 3.23. The minimum absolute atomic E-state index is 0.406. The molecule has 5 rings (SSSR count). The number of methoxy groups -OCH3 is 2. The Morgan fingerprint density at radius 1 is 1.03 bits per heavy atom. The summed E-state index contributed by atoms with van der Waals surface area (Å²) in [6.07, 6.45) is 7.85. The molecule has 4 aromatic rings. The third kappa shape index (κ3) is 2.97. The predicted molar refractivity (Wildman–Crippen MR) is 110 cm³/mol. The Bertz CT molecular complexity index is 1190. The zero-order valence-electron chi connectivity index (χ0n) is 17.2. The molecule has 0 N–H and O–H groups in total. The van der Waals surface area contributed by atoms with Crippen molar-refractivity contribution in [3.05, 3.63) is 42.4 Å². The van der Waals surface area contributed by atoms with Crippen LogP contribution in [0, 0.1) is 6.92 Å². The van der Waals surface area contributed by atoms with Crippen molar-refractivity contribution in [1.29, 1.82) is 0 Å². The molecule has 0 spiro atoms. The van der Waals surface area contributed by atoms with Gasteiger partial charge in [0, 0.05) is 11.5 Å². The molecular formula is C21H23N7O2. The molecule has 3 aromatic heterocycles.